The third-order valence-corrected chi connectivity index (χ3v) is 6.03. The Morgan fingerprint density at radius 3 is 2.18 bits per heavy atom. The summed E-state index contributed by atoms with van der Waals surface area (Å²) in [5.74, 6) is -2.34. The molecule has 0 unspecified atom stereocenters. The van der Waals surface area contributed by atoms with Crippen LogP contribution in [0, 0.1) is 6.92 Å². The van der Waals surface area contributed by atoms with Gasteiger partial charge in [0.2, 0.25) is 0 Å². The Balaban J connectivity index is 1.82. The summed E-state index contributed by atoms with van der Waals surface area (Å²) >= 11 is 0. The van der Waals surface area contributed by atoms with E-state index in [2.05, 4.69) is 0 Å². The molecule has 3 rings (SSSR count). The molecule has 0 heterocycles. The predicted molar refractivity (Wildman–Crippen MR) is 126 cm³/mol. The van der Waals surface area contributed by atoms with E-state index < -0.39 is 17.5 Å². The fourth-order valence-electron chi connectivity index (χ4n) is 3.91. The summed E-state index contributed by atoms with van der Waals surface area (Å²) in [5, 5.41) is 29.2. The molecule has 0 aliphatic heterocycles. The highest BCUT2D eigenvalue weighted by atomic mass is 16.5. The first-order valence-corrected chi connectivity index (χ1v) is 10.8. The Kier molecular flexibility index (Phi) is 7.19. The smallest absolute Gasteiger partial charge is 0.336 e. The monoisotopic (exact) mass is 448 g/mol. The van der Waals surface area contributed by atoms with Gasteiger partial charge in [-0.25, -0.2) is 9.59 Å². The van der Waals surface area contributed by atoms with Gasteiger partial charge in [0, 0.05) is 0 Å². The molecule has 0 aliphatic carbocycles. The van der Waals surface area contributed by atoms with Gasteiger partial charge >= 0.3 is 11.9 Å². The number of carboxylic acids is 2. The molecule has 0 spiro atoms. The van der Waals surface area contributed by atoms with Crippen LogP contribution < -0.4 is 4.74 Å². The molecule has 3 aromatic rings. The minimum Gasteiger partial charge on any atom is -0.489 e. The average molecular weight is 449 g/mol. The Hall–Kier alpha value is -3.64. The molecule has 0 amide bonds. The molecule has 0 bridgehead atoms. The molecular formula is C27H28O6. The molecule has 33 heavy (non-hydrogen) atoms. The van der Waals surface area contributed by atoms with E-state index in [0.717, 1.165) is 27.8 Å². The first kappa shape index (κ1) is 24.0. The molecule has 0 aromatic heterocycles. The largest absolute Gasteiger partial charge is 0.489 e. The molecule has 0 atom stereocenters. The quantitative estimate of drug-likeness (QED) is 0.391. The van der Waals surface area contributed by atoms with E-state index in [0.29, 0.717) is 12.8 Å². The van der Waals surface area contributed by atoms with Gasteiger partial charge in [0.25, 0.3) is 0 Å². The lowest BCUT2D eigenvalue weighted by Crippen LogP contribution is -2.23. The standard InChI is InChI=1S/C27H28O6/c1-4-27(32,5-2)20-9-11-22(17(3)13-20)19-8-6-7-18(14-19)16-33-21-10-12-23(25(28)29)24(15-21)26(30)31/h6-15,32H,4-5,16H2,1-3H3,(H,28,29)(H,30,31). The fourth-order valence-corrected chi connectivity index (χ4v) is 3.91. The van der Waals surface area contributed by atoms with Gasteiger partial charge in [-0.1, -0.05) is 50.2 Å². The number of carboxylic acid groups (broad SMARTS) is 2. The van der Waals surface area contributed by atoms with Gasteiger partial charge in [-0.3, -0.25) is 0 Å². The van der Waals surface area contributed by atoms with Crippen LogP contribution in [0.25, 0.3) is 11.1 Å². The average Bonchev–Trinajstić information content (AvgIpc) is 2.82. The third-order valence-electron chi connectivity index (χ3n) is 6.03. The van der Waals surface area contributed by atoms with E-state index in [1.54, 1.807) is 0 Å². The molecule has 6 heteroatoms. The van der Waals surface area contributed by atoms with Gasteiger partial charge < -0.3 is 20.1 Å². The lowest BCUT2D eigenvalue weighted by atomic mass is 9.86. The summed E-state index contributed by atoms with van der Waals surface area (Å²) < 4.78 is 5.74. The second-order valence-electron chi connectivity index (χ2n) is 8.08. The normalized spacial score (nSPS) is 11.3. The van der Waals surface area contributed by atoms with Crippen molar-refractivity contribution < 1.29 is 29.6 Å². The minimum absolute atomic E-state index is 0.196. The van der Waals surface area contributed by atoms with Crippen LogP contribution in [-0.2, 0) is 12.2 Å². The minimum atomic E-state index is -1.32. The molecule has 6 nitrogen and oxygen atoms in total. The Morgan fingerprint density at radius 1 is 0.879 bits per heavy atom. The van der Waals surface area contributed by atoms with Crippen LogP contribution >= 0.6 is 0 Å². The van der Waals surface area contributed by atoms with Crippen LogP contribution in [0.15, 0.2) is 60.7 Å². The zero-order valence-corrected chi connectivity index (χ0v) is 19.0. The van der Waals surface area contributed by atoms with Crippen molar-refractivity contribution >= 4 is 11.9 Å². The van der Waals surface area contributed by atoms with Crippen LogP contribution in [0.4, 0.5) is 0 Å². The second-order valence-corrected chi connectivity index (χ2v) is 8.08. The van der Waals surface area contributed by atoms with Crippen molar-refractivity contribution in [1.82, 2.24) is 0 Å². The molecule has 0 radical (unpaired) electrons. The fraction of sp³-hybridized carbons (Fsp3) is 0.259. The molecular weight excluding hydrogens is 420 g/mol. The van der Waals surface area contributed by atoms with E-state index in [-0.39, 0.29) is 23.5 Å². The van der Waals surface area contributed by atoms with E-state index in [1.165, 1.54) is 18.2 Å². The molecule has 0 saturated heterocycles. The lowest BCUT2D eigenvalue weighted by Gasteiger charge is -2.26. The number of benzene rings is 3. The van der Waals surface area contributed by atoms with Crippen molar-refractivity contribution in [3.8, 4) is 16.9 Å². The number of hydrogen-bond acceptors (Lipinski definition) is 4. The van der Waals surface area contributed by atoms with E-state index >= 15 is 0 Å². The number of carbonyl (C=O) groups is 2. The summed E-state index contributed by atoms with van der Waals surface area (Å²) in [6, 6.07) is 17.8. The second kappa shape index (κ2) is 9.88. The van der Waals surface area contributed by atoms with Crippen LogP contribution in [0.3, 0.4) is 0 Å². The van der Waals surface area contributed by atoms with Crippen LogP contribution in [0.2, 0.25) is 0 Å². The maximum absolute atomic E-state index is 11.4. The van der Waals surface area contributed by atoms with Crippen molar-refractivity contribution in [1.29, 1.82) is 0 Å². The Labute approximate surface area is 193 Å². The topological polar surface area (TPSA) is 104 Å². The summed E-state index contributed by atoms with van der Waals surface area (Å²) in [6.07, 6.45) is 1.29. The number of aliphatic hydroxyl groups is 1. The number of aromatic carboxylic acids is 2. The summed E-state index contributed by atoms with van der Waals surface area (Å²) in [6.45, 7) is 6.17. The highest BCUT2D eigenvalue weighted by Crippen LogP contribution is 2.33. The predicted octanol–water partition coefficient (Wildman–Crippen LogP) is 5.65. The number of aryl methyl sites for hydroxylation is 1. The van der Waals surface area contributed by atoms with E-state index in [9.17, 15) is 19.8 Å². The zero-order valence-electron chi connectivity index (χ0n) is 19.0. The van der Waals surface area contributed by atoms with Crippen molar-refractivity contribution in [3.05, 3.63) is 88.5 Å². The third kappa shape index (κ3) is 5.23. The SMILES string of the molecule is CCC(O)(CC)c1ccc(-c2cccc(COc3ccc(C(=O)O)c(C(=O)O)c3)c2)c(C)c1. The van der Waals surface area contributed by atoms with Crippen molar-refractivity contribution in [3.63, 3.8) is 0 Å². The summed E-state index contributed by atoms with van der Waals surface area (Å²) in [5.41, 5.74) is 3.47. The van der Waals surface area contributed by atoms with Gasteiger partial charge in [0.15, 0.2) is 0 Å². The van der Waals surface area contributed by atoms with Gasteiger partial charge in [-0.15, -0.1) is 0 Å². The molecule has 0 saturated carbocycles. The van der Waals surface area contributed by atoms with E-state index in [1.807, 2.05) is 63.2 Å². The maximum atomic E-state index is 11.4. The molecule has 3 N–H and O–H groups in total. The number of ether oxygens (including phenoxy) is 1. The van der Waals surface area contributed by atoms with Crippen LogP contribution in [-0.4, -0.2) is 27.3 Å². The Bertz CT molecular complexity index is 1180. The highest BCUT2D eigenvalue weighted by Gasteiger charge is 2.25. The van der Waals surface area contributed by atoms with Crippen molar-refractivity contribution in [2.75, 3.05) is 0 Å². The first-order chi connectivity index (χ1) is 15.7. The molecule has 3 aromatic carbocycles. The Morgan fingerprint density at radius 2 is 1.58 bits per heavy atom. The van der Waals surface area contributed by atoms with Crippen molar-refractivity contribution in [2.24, 2.45) is 0 Å². The van der Waals surface area contributed by atoms with Crippen LogP contribution in [0.5, 0.6) is 5.75 Å². The number of rotatable bonds is 9. The maximum Gasteiger partial charge on any atom is 0.336 e. The van der Waals surface area contributed by atoms with Gasteiger partial charge in [-0.2, -0.15) is 0 Å². The van der Waals surface area contributed by atoms with E-state index in [4.69, 9.17) is 9.84 Å². The molecule has 0 fully saturated rings. The first-order valence-electron chi connectivity index (χ1n) is 10.8. The van der Waals surface area contributed by atoms with Gasteiger partial charge in [0.05, 0.1) is 16.7 Å². The lowest BCUT2D eigenvalue weighted by molar-refractivity contribution is 0.0283. The molecule has 172 valence electrons. The number of hydrogen-bond donors (Lipinski definition) is 3. The zero-order chi connectivity index (χ0) is 24.2. The summed E-state index contributed by atoms with van der Waals surface area (Å²) in [4.78, 5) is 22.6. The highest BCUT2D eigenvalue weighted by molar-refractivity contribution is 6.02. The molecule has 0 aliphatic rings. The van der Waals surface area contributed by atoms with Crippen LogP contribution in [0.1, 0.15) is 64.1 Å². The van der Waals surface area contributed by atoms with Gasteiger partial charge in [-0.05, 0) is 71.8 Å². The summed E-state index contributed by atoms with van der Waals surface area (Å²) in [7, 11) is 0. The van der Waals surface area contributed by atoms with Crippen molar-refractivity contribution in [2.45, 2.75) is 45.8 Å². The van der Waals surface area contributed by atoms with Gasteiger partial charge in [0.1, 0.15) is 12.4 Å².